The zero-order valence-corrected chi connectivity index (χ0v) is 40.3. The smallest absolute Gasteiger partial charge is 0.229 e. The van der Waals surface area contributed by atoms with Crippen LogP contribution in [0.15, 0.2) is 82.1 Å². The fourth-order valence-corrected chi connectivity index (χ4v) is 7.63. The Balaban J connectivity index is 0.000000272. The van der Waals surface area contributed by atoms with Crippen LogP contribution in [0.2, 0.25) is 0 Å². The maximum Gasteiger partial charge on any atom is 0.229 e. The van der Waals surface area contributed by atoms with Crippen LogP contribution in [0.25, 0.3) is 22.6 Å². The summed E-state index contributed by atoms with van der Waals surface area (Å²) in [7, 11) is 6.29. The van der Waals surface area contributed by atoms with E-state index >= 15 is 0 Å². The molecular formula is C37H42F2N10O3S9. The van der Waals surface area contributed by atoms with Gasteiger partial charge in [-0.15, -0.1) is 0 Å². The summed E-state index contributed by atoms with van der Waals surface area (Å²) >= 11 is 17.5. The topological polar surface area (TPSA) is 172 Å². The van der Waals surface area contributed by atoms with Gasteiger partial charge in [0.1, 0.15) is 23.3 Å². The molecule has 0 saturated heterocycles. The van der Waals surface area contributed by atoms with Crippen molar-refractivity contribution in [1.29, 1.82) is 0 Å². The van der Waals surface area contributed by atoms with Crippen molar-refractivity contribution >= 4 is 124 Å². The summed E-state index contributed by atoms with van der Waals surface area (Å²) in [6.45, 7) is 7.71. The molecule has 6 aromatic rings. The van der Waals surface area contributed by atoms with E-state index in [4.69, 9.17) is 14.2 Å². The highest BCUT2D eigenvalue weighted by atomic mass is 33.3. The molecule has 0 radical (unpaired) electrons. The van der Waals surface area contributed by atoms with Gasteiger partial charge in [-0.2, -0.15) is 9.97 Å². The normalized spacial score (nSPS) is 9.93. The van der Waals surface area contributed by atoms with Crippen molar-refractivity contribution < 1.29 is 22.9 Å². The van der Waals surface area contributed by atoms with E-state index < -0.39 is 0 Å². The SMILES string of the molecule is CCCNc1nc(Nc2cccc(F)c2)ncc1-c1cc(CCC)no1.CCCNc1nc(Nc2cccc(F)c2)ncc1-c1cc(CCO)no1.S=S=S=S.S=S=S=S=S. The monoisotopic (exact) mass is 1000 g/mol. The second-order valence-corrected chi connectivity index (χ2v) is 20.8. The lowest BCUT2D eigenvalue weighted by Gasteiger charge is -2.11. The molecule has 0 aliphatic rings. The molecule has 0 spiro atoms. The molecule has 326 valence electrons. The van der Waals surface area contributed by atoms with Gasteiger partial charge in [0, 0.05) is 151 Å². The number of anilines is 6. The van der Waals surface area contributed by atoms with Gasteiger partial charge in [0.15, 0.2) is 11.5 Å². The van der Waals surface area contributed by atoms with Crippen molar-refractivity contribution in [3.63, 3.8) is 0 Å². The van der Waals surface area contributed by atoms with Crippen LogP contribution in [0.3, 0.4) is 0 Å². The third-order valence-corrected chi connectivity index (χ3v) is 14.1. The lowest BCUT2D eigenvalue weighted by Crippen LogP contribution is -2.07. The lowest BCUT2D eigenvalue weighted by atomic mass is 10.2. The van der Waals surface area contributed by atoms with Crippen LogP contribution in [0.4, 0.5) is 43.7 Å². The Morgan fingerprint density at radius 2 is 1.08 bits per heavy atom. The molecule has 0 saturated carbocycles. The number of nitrogens with one attached hydrogen (secondary N) is 4. The van der Waals surface area contributed by atoms with Crippen molar-refractivity contribution in [3.05, 3.63) is 96.1 Å². The van der Waals surface area contributed by atoms with Crippen molar-refractivity contribution in [3.8, 4) is 22.6 Å². The molecule has 4 heterocycles. The van der Waals surface area contributed by atoms with E-state index in [9.17, 15) is 8.78 Å². The highest BCUT2D eigenvalue weighted by Gasteiger charge is 2.16. The summed E-state index contributed by atoms with van der Waals surface area (Å²) in [5, 5.41) is 29.6. The van der Waals surface area contributed by atoms with E-state index in [1.165, 1.54) is 68.7 Å². The largest absolute Gasteiger partial charge is 0.396 e. The number of hydrogen-bond acceptors (Lipinski definition) is 17. The number of rotatable bonds is 16. The number of aryl methyl sites for hydroxylation is 1. The predicted molar refractivity (Wildman–Crippen MR) is 263 cm³/mol. The molecule has 61 heavy (non-hydrogen) atoms. The van der Waals surface area contributed by atoms with Crippen molar-refractivity contribution in [2.45, 2.75) is 52.9 Å². The first-order valence-corrected chi connectivity index (χ1v) is 27.7. The number of hydrogen-bond donors (Lipinski definition) is 5. The molecule has 0 fully saturated rings. The zero-order valence-electron chi connectivity index (χ0n) is 33.0. The molecule has 6 rings (SSSR count). The minimum atomic E-state index is -0.339. The summed E-state index contributed by atoms with van der Waals surface area (Å²) in [6.07, 6.45) is 7.46. The molecule has 0 unspecified atom stereocenters. The van der Waals surface area contributed by atoms with Crippen LogP contribution in [-0.4, -0.2) is 55.1 Å². The summed E-state index contributed by atoms with van der Waals surface area (Å²) in [4.78, 5) is 17.6. The van der Waals surface area contributed by atoms with Gasteiger partial charge in [-0.05, 0) is 55.7 Å². The van der Waals surface area contributed by atoms with Gasteiger partial charge in [-0.1, -0.05) is 49.6 Å². The van der Waals surface area contributed by atoms with E-state index in [1.807, 2.05) is 13.0 Å². The quantitative estimate of drug-likeness (QED) is 0.0629. The highest BCUT2D eigenvalue weighted by molar-refractivity contribution is 8.59. The van der Waals surface area contributed by atoms with E-state index in [0.717, 1.165) is 50.0 Å². The van der Waals surface area contributed by atoms with Gasteiger partial charge in [0.2, 0.25) is 11.9 Å². The molecule has 0 amide bonds. The van der Waals surface area contributed by atoms with Gasteiger partial charge in [-0.25, -0.2) is 18.7 Å². The number of halogens is 2. The molecule has 0 aliphatic carbocycles. The van der Waals surface area contributed by atoms with Crippen molar-refractivity contribution in [2.75, 3.05) is 41.0 Å². The molecule has 0 bridgehead atoms. The predicted octanol–water partition coefficient (Wildman–Crippen LogP) is 8.14. The molecular weight excluding hydrogens is 959 g/mol. The van der Waals surface area contributed by atoms with Gasteiger partial charge >= 0.3 is 0 Å². The summed E-state index contributed by atoms with van der Waals surface area (Å²) in [6, 6.07) is 15.9. The van der Waals surface area contributed by atoms with Crippen LogP contribution >= 0.6 is 0 Å². The first-order valence-electron chi connectivity index (χ1n) is 18.3. The Kier molecular flexibility index (Phi) is 25.4. The van der Waals surface area contributed by atoms with Crippen LogP contribution < -0.4 is 21.3 Å². The van der Waals surface area contributed by atoms with Crippen LogP contribution in [-0.2, 0) is 102 Å². The average Bonchev–Trinajstić information content (AvgIpc) is 3.93. The third-order valence-electron chi connectivity index (χ3n) is 7.43. The standard InChI is InChI=1S/C19H22FN5O.C18H20FN5O2.S5.S4/c1-3-6-15-11-17(26-25-15)16-12-22-19(24-18(16)21-9-4-2)23-14-8-5-7-13(20)10-14;1-2-7-20-17-15(16-10-14(6-8-25)24-26-16)11-21-18(23-17)22-13-5-3-4-12(19)9-13;1-3-5-4-2;1-3-4-2/h5,7-8,10-12H,3-4,6,9H2,1-2H3,(H2,21,22,23,24);3-5,9-11,25H,2,6-8H2,1H3,(H2,20,21,22,23);;. The molecule has 4 aromatic heterocycles. The molecule has 2 aromatic carbocycles. The number of benzene rings is 2. The molecule has 5 N–H and O–H groups in total. The number of nitrogens with zero attached hydrogens (tertiary/aromatic N) is 6. The number of aromatic nitrogens is 6. The van der Waals surface area contributed by atoms with Crippen LogP contribution in [0.1, 0.15) is 51.4 Å². The molecule has 13 nitrogen and oxygen atoms in total. The maximum absolute atomic E-state index is 13.4. The highest BCUT2D eigenvalue weighted by Crippen LogP contribution is 2.30. The summed E-state index contributed by atoms with van der Waals surface area (Å²) in [5.74, 6) is 2.45. The fraction of sp³-hybridized carbons (Fsp3) is 0.297. The molecule has 24 heteroatoms. The minimum absolute atomic E-state index is 0.0000910. The summed E-state index contributed by atoms with van der Waals surface area (Å²) in [5.41, 5.74) is 4.13. The Morgan fingerprint density at radius 1 is 0.623 bits per heavy atom. The maximum atomic E-state index is 13.4. The second-order valence-electron chi connectivity index (χ2n) is 12.0. The first kappa shape index (κ1) is 51.4. The second kappa shape index (κ2) is 30.1. The Bertz CT molecular complexity index is 2320. The van der Waals surface area contributed by atoms with Gasteiger partial charge in [0.05, 0.1) is 22.5 Å². The van der Waals surface area contributed by atoms with Crippen molar-refractivity contribution in [2.24, 2.45) is 0 Å². The minimum Gasteiger partial charge on any atom is -0.396 e. The van der Waals surface area contributed by atoms with Crippen LogP contribution in [0, 0.1) is 11.6 Å². The molecule has 0 atom stereocenters. The Hall–Kier alpha value is -3.98. The van der Waals surface area contributed by atoms with E-state index in [0.29, 0.717) is 64.1 Å². The number of aliphatic hydroxyl groups is 1. The lowest BCUT2D eigenvalue weighted by molar-refractivity contribution is 0.294. The van der Waals surface area contributed by atoms with Crippen molar-refractivity contribution in [1.82, 2.24) is 30.2 Å². The zero-order chi connectivity index (χ0) is 44.2. The van der Waals surface area contributed by atoms with E-state index in [1.54, 1.807) is 42.7 Å². The Labute approximate surface area is 386 Å². The Morgan fingerprint density at radius 3 is 1.44 bits per heavy atom. The van der Waals surface area contributed by atoms with E-state index in [2.05, 4.69) is 110 Å². The first-order chi connectivity index (χ1) is 29.7. The van der Waals surface area contributed by atoms with Crippen LogP contribution in [0.5, 0.6) is 0 Å². The van der Waals surface area contributed by atoms with Gasteiger partial charge in [0.25, 0.3) is 0 Å². The fourth-order valence-electron chi connectivity index (χ4n) is 4.89. The third kappa shape index (κ3) is 18.9. The van der Waals surface area contributed by atoms with Gasteiger partial charge in [-0.3, -0.25) is 0 Å². The van der Waals surface area contributed by atoms with E-state index in [-0.39, 0.29) is 18.2 Å². The molecule has 0 aliphatic heterocycles. The number of aliphatic hydroxyl groups excluding tert-OH is 1. The van der Waals surface area contributed by atoms with Gasteiger partial charge < -0.3 is 35.4 Å². The summed E-state index contributed by atoms with van der Waals surface area (Å²) < 4.78 is 37.5. The average molecular weight is 1000 g/mol.